The summed E-state index contributed by atoms with van der Waals surface area (Å²) in [5.74, 6) is -0.188. The van der Waals surface area contributed by atoms with Gasteiger partial charge in [0.25, 0.3) is 0 Å². The minimum Gasteiger partial charge on any atom is -0.488 e. The van der Waals surface area contributed by atoms with Gasteiger partial charge in [0, 0.05) is 36.9 Å². The Kier molecular flexibility index (Phi) is 13.7. The molecular formula is C45H49N3O7. The average molecular weight is 744 g/mol. The third kappa shape index (κ3) is 11.7. The second kappa shape index (κ2) is 18.8. The summed E-state index contributed by atoms with van der Waals surface area (Å²) >= 11 is 0. The van der Waals surface area contributed by atoms with Crippen LogP contribution < -0.4 is 15.0 Å². The molecule has 1 heterocycles. The minimum atomic E-state index is -0.704. The van der Waals surface area contributed by atoms with Gasteiger partial charge in [-0.2, -0.15) is 0 Å². The van der Waals surface area contributed by atoms with Crippen molar-refractivity contribution >= 4 is 40.3 Å². The Morgan fingerprint density at radius 1 is 0.836 bits per heavy atom. The standard InChI is InChI=1S/C45H49N3O7/c1-31-23-24-46-41(26-31)48(44(52)55-45(2,3)4)25-11-18-42(50)47-29-36(49)27-35(28-43(51)53-5)33-19-21-34(22-20-33)37-14-9-16-39-38(37)15-10-17-40(39)54-30-32-12-7-6-8-13-32/h6-10,12-17,19-24,26,35H,11,18,25,27-30H2,1-5H3,(H,47,50)/t35-/m0/s1. The summed E-state index contributed by atoms with van der Waals surface area (Å²) in [7, 11) is 1.32. The molecule has 1 N–H and O–H groups in total. The number of nitrogens with one attached hydrogen (secondary N) is 1. The van der Waals surface area contributed by atoms with Crippen LogP contribution in [0.2, 0.25) is 0 Å². The first-order valence-corrected chi connectivity index (χ1v) is 18.5. The van der Waals surface area contributed by atoms with Gasteiger partial charge in [0.2, 0.25) is 5.91 Å². The number of benzene rings is 4. The number of carbonyl (C=O) groups excluding carboxylic acids is 4. The van der Waals surface area contributed by atoms with Gasteiger partial charge in [0.05, 0.1) is 20.1 Å². The number of hydrogen-bond donors (Lipinski definition) is 1. The lowest BCUT2D eigenvalue weighted by Crippen LogP contribution is -2.38. The molecule has 1 aromatic heterocycles. The minimum absolute atomic E-state index is 0.0133. The maximum atomic E-state index is 13.2. The normalized spacial score (nSPS) is 11.7. The van der Waals surface area contributed by atoms with Crippen molar-refractivity contribution in [3.8, 4) is 16.9 Å². The molecule has 0 radical (unpaired) electrons. The molecule has 0 saturated carbocycles. The summed E-state index contributed by atoms with van der Waals surface area (Å²) in [5.41, 5.74) is 4.14. The molecule has 0 aliphatic rings. The molecule has 0 unspecified atom stereocenters. The zero-order valence-electron chi connectivity index (χ0n) is 32.2. The van der Waals surface area contributed by atoms with Crippen molar-refractivity contribution < 1.29 is 33.4 Å². The van der Waals surface area contributed by atoms with Gasteiger partial charge in [-0.25, -0.2) is 9.78 Å². The summed E-state index contributed by atoms with van der Waals surface area (Å²) in [6.45, 7) is 7.73. The van der Waals surface area contributed by atoms with Crippen LogP contribution in [-0.4, -0.2) is 54.5 Å². The second-order valence-corrected chi connectivity index (χ2v) is 14.5. The fourth-order valence-corrected chi connectivity index (χ4v) is 6.24. The number of amides is 2. The fraction of sp³-hybridized carbons (Fsp3) is 0.311. The maximum absolute atomic E-state index is 13.2. The second-order valence-electron chi connectivity index (χ2n) is 14.5. The number of nitrogens with zero attached hydrogens (tertiary/aromatic N) is 2. The molecule has 0 aliphatic heterocycles. The molecule has 286 valence electrons. The van der Waals surface area contributed by atoms with E-state index in [1.54, 1.807) is 33.0 Å². The van der Waals surface area contributed by atoms with Crippen LogP contribution in [0.25, 0.3) is 21.9 Å². The molecule has 0 spiro atoms. The predicted molar refractivity (Wildman–Crippen MR) is 214 cm³/mol. The van der Waals surface area contributed by atoms with Gasteiger partial charge in [0.15, 0.2) is 5.78 Å². The van der Waals surface area contributed by atoms with E-state index in [1.165, 1.54) is 12.0 Å². The molecule has 2 amide bonds. The Morgan fingerprint density at radius 2 is 1.56 bits per heavy atom. The summed E-state index contributed by atoms with van der Waals surface area (Å²) in [6, 6.07) is 33.6. The number of aryl methyl sites for hydroxylation is 1. The number of hydrogen-bond acceptors (Lipinski definition) is 8. The monoisotopic (exact) mass is 743 g/mol. The van der Waals surface area contributed by atoms with Gasteiger partial charge in [-0.15, -0.1) is 0 Å². The zero-order chi connectivity index (χ0) is 39.4. The third-order valence-corrected chi connectivity index (χ3v) is 8.99. The van der Waals surface area contributed by atoms with Crippen LogP contribution in [0.3, 0.4) is 0 Å². The largest absolute Gasteiger partial charge is 0.488 e. The van der Waals surface area contributed by atoms with Crippen molar-refractivity contribution in [1.82, 2.24) is 10.3 Å². The van der Waals surface area contributed by atoms with Crippen molar-refractivity contribution in [3.05, 3.63) is 126 Å². The molecule has 1 atom stereocenters. The quantitative estimate of drug-likeness (QED) is 0.0996. The van der Waals surface area contributed by atoms with E-state index in [2.05, 4.69) is 22.4 Å². The number of anilines is 1. The smallest absolute Gasteiger partial charge is 0.416 e. The Balaban J connectivity index is 1.20. The van der Waals surface area contributed by atoms with Gasteiger partial charge in [0.1, 0.15) is 23.8 Å². The lowest BCUT2D eigenvalue weighted by atomic mass is 9.89. The fourth-order valence-electron chi connectivity index (χ4n) is 6.24. The Labute approximate surface area is 322 Å². The number of rotatable bonds is 16. The van der Waals surface area contributed by atoms with E-state index in [1.807, 2.05) is 91.9 Å². The van der Waals surface area contributed by atoms with Crippen LogP contribution in [0, 0.1) is 6.92 Å². The van der Waals surface area contributed by atoms with Crippen molar-refractivity contribution in [2.45, 2.75) is 71.5 Å². The number of esters is 1. The summed E-state index contributed by atoms with van der Waals surface area (Å²) in [4.78, 5) is 57.1. The van der Waals surface area contributed by atoms with Gasteiger partial charge in [-0.3, -0.25) is 19.3 Å². The van der Waals surface area contributed by atoms with Gasteiger partial charge >= 0.3 is 12.1 Å². The van der Waals surface area contributed by atoms with E-state index in [4.69, 9.17) is 14.2 Å². The number of ether oxygens (including phenoxy) is 3. The Morgan fingerprint density at radius 3 is 2.27 bits per heavy atom. The highest BCUT2D eigenvalue weighted by molar-refractivity contribution is 6.00. The number of fused-ring (bicyclic) bond motifs is 1. The molecule has 0 fully saturated rings. The van der Waals surface area contributed by atoms with Crippen LogP contribution >= 0.6 is 0 Å². The molecule has 5 rings (SSSR count). The van der Waals surface area contributed by atoms with E-state index in [0.717, 1.165) is 44.3 Å². The van der Waals surface area contributed by atoms with Gasteiger partial charge < -0.3 is 19.5 Å². The number of aromatic nitrogens is 1. The summed E-state index contributed by atoms with van der Waals surface area (Å²) < 4.78 is 16.7. The van der Waals surface area contributed by atoms with E-state index in [9.17, 15) is 19.2 Å². The van der Waals surface area contributed by atoms with Crippen LogP contribution in [0.5, 0.6) is 5.75 Å². The van der Waals surface area contributed by atoms with Crippen LogP contribution in [0.4, 0.5) is 10.6 Å². The van der Waals surface area contributed by atoms with Gasteiger partial charge in [-0.1, -0.05) is 84.9 Å². The van der Waals surface area contributed by atoms with Crippen molar-refractivity contribution in [1.29, 1.82) is 0 Å². The Bertz CT molecular complexity index is 2090. The number of ketones is 1. The summed E-state index contributed by atoms with van der Waals surface area (Å²) in [5, 5.41) is 4.75. The molecular weight excluding hydrogens is 695 g/mol. The molecule has 10 heteroatoms. The molecule has 0 bridgehead atoms. The lowest BCUT2D eigenvalue weighted by molar-refractivity contribution is -0.141. The predicted octanol–water partition coefficient (Wildman–Crippen LogP) is 8.73. The molecule has 0 aliphatic carbocycles. The SMILES string of the molecule is COC(=O)C[C@H](CC(=O)CNC(=O)CCCN(C(=O)OC(C)(C)C)c1cc(C)ccn1)c1ccc(-c2cccc3c(OCc4ccccc4)cccc23)cc1. The van der Waals surface area contributed by atoms with Crippen LogP contribution in [-0.2, 0) is 30.5 Å². The van der Waals surface area contributed by atoms with E-state index >= 15 is 0 Å². The first-order chi connectivity index (χ1) is 26.4. The molecule has 4 aromatic carbocycles. The average Bonchev–Trinajstić information content (AvgIpc) is 3.17. The van der Waals surface area contributed by atoms with Crippen LogP contribution in [0.15, 0.2) is 109 Å². The highest BCUT2D eigenvalue weighted by Crippen LogP contribution is 2.35. The van der Waals surface area contributed by atoms with E-state index in [0.29, 0.717) is 18.8 Å². The molecule has 5 aromatic rings. The Hall–Kier alpha value is -6.03. The number of pyridine rings is 1. The number of methoxy groups -OCH3 is 1. The topological polar surface area (TPSA) is 124 Å². The summed E-state index contributed by atoms with van der Waals surface area (Å²) in [6.07, 6.45) is 1.52. The molecule has 55 heavy (non-hydrogen) atoms. The third-order valence-electron chi connectivity index (χ3n) is 8.99. The highest BCUT2D eigenvalue weighted by Gasteiger charge is 2.25. The van der Waals surface area contributed by atoms with E-state index < -0.39 is 23.6 Å². The van der Waals surface area contributed by atoms with Crippen LogP contribution in [0.1, 0.15) is 69.1 Å². The highest BCUT2D eigenvalue weighted by atomic mass is 16.6. The first kappa shape index (κ1) is 40.2. The zero-order valence-corrected chi connectivity index (χ0v) is 32.2. The van der Waals surface area contributed by atoms with E-state index in [-0.39, 0.29) is 44.0 Å². The number of Topliss-reactive ketones (excluding diaryl/α,β-unsaturated/α-hetero) is 1. The number of carbonyl (C=O) groups is 4. The molecule has 10 nitrogen and oxygen atoms in total. The van der Waals surface area contributed by atoms with Gasteiger partial charge in [-0.05, 0) is 85.5 Å². The first-order valence-electron chi connectivity index (χ1n) is 18.5. The molecule has 0 saturated heterocycles. The lowest BCUT2D eigenvalue weighted by Gasteiger charge is -2.27. The van der Waals surface area contributed by atoms with Crippen molar-refractivity contribution in [3.63, 3.8) is 0 Å². The maximum Gasteiger partial charge on any atom is 0.416 e. The van der Waals surface area contributed by atoms with Crippen molar-refractivity contribution in [2.24, 2.45) is 0 Å². The van der Waals surface area contributed by atoms with Crippen molar-refractivity contribution in [2.75, 3.05) is 25.1 Å².